The molecular formula is C15H17F3N4O3S. The van der Waals surface area contributed by atoms with Crippen LogP contribution in [0.4, 0.5) is 18.0 Å². The van der Waals surface area contributed by atoms with E-state index in [2.05, 4.69) is 20.6 Å². The van der Waals surface area contributed by atoms with Crippen LogP contribution in [0.1, 0.15) is 26.0 Å². The zero-order chi connectivity index (χ0) is 19.3. The van der Waals surface area contributed by atoms with Gasteiger partial charge < -0.3 is 15.4 Å². The number of ether oxygens (including phenoxy) is 1. The van der Waals surface area contributed by atoms with Crippen LogP contribution >= 0.6 is 11.8 Å². The molecule has 0 fully saturated rings. The van der Waals surface area contributed by atoms with Crippen LogP contribution in [0.25, 0.3) is 0 Å². The average Bonchev–Trinajstić information content (AvgIpc) is 2.59. The number of aromatic nitrogens is 2. The van der Waals surface area contributed by atoms with Crippen LogP contribution < -0.4 is 10.6 Å². The van der Waals surface area contributed by atoms with Gasteiger partial charge in [0.2, 0.25) is 0 Å². The van der Waals surface area contributed by atoms with Crippen LogP contribution in [0.2, 0.25) is 0 Å². The third-order valence-corrected chi connectivity index (χ3v) is 4.30. The minimum Gasteiger partial charge on any atom is -0.463 e. The number of rotatable bonds is 6. The molecule has 142 valence electrons. The zero-order valence-corrected chi connectivity index (χ0v) is 14.8. The number of carbonyl (C=O) groups is 2. The number of nitrogens with one attached hydrogen (secondary N) is 2. The van der Waals surface area contributed by atoms with E-state index in [1.54, 1.807) is 13.8 Å². The van der Waals surface area contributed by atoms with Gasteiger partial charge in [0.1, 0.15) is 5.69 Å². The largest absolute Gasteiger partial charge is 0.463 e. The van der Waals surface area contributed by atoms with Crippen molar-refractivity contribution >= 4 is 23.8 Å². The molecule has 1 atom stereocenters. The van der Waals surface area contributed by atoms with E-state index in [1.807, 2.05) is 0 Å². The fourth-order valence-corrected chi connectivity index (χ4v) is 3.08. The highest BCUT2D eigenvalue weighted by atomic mass is 32.2. The highest BCUT2D eigenvalue weighted by molar-refractivity contribution is 7.99. The SMILES string of the molecule is CCOC(=O)C1=C(CSc2nccc(C(F)(F)F)n2)NC(=O)NC1CC. The Morgan fingerprint density at radius 3 is 2.73 bits per heavy atom. The van der Waals surface area contributed by atoms with Crippen molar-refractivity contribution in [2.45, 2.75) is 37.6 Å². The number of urea groups is 1. The molecule has 2 rings (SSSR count). The first-order valence-corrected chi connectivity index (χ1v) is 8.75. The van der Waals surface area contributed by atoms with E-state index in [4.69, 9.17) is 4.74 Å². The minimum absolute atomic E-state index is 0.0133. The highest BCUT2D eigenvalue weighted by Crippen LogP contribution is 2.29. The van der Waals surface area contributed by atoms with Crippen molar-refractivity contribution in [1.82, 2.24) is 20.6 Å². The van der Waals surface area contributed by atoms with Crippen molar-refractivity contribution in [1.29, 1.82) is 0 Å². The van der Waals surface area contributed by atoms with E-state index in [0.717, 1.165) is 24.0 Å². The maximum atomic E-state index is 12.7. The van der Waals surface area contributed by atoms with E-state index >= 15 is 0 Å². The number of alkyl halides is 3. The number of esters is 1. The molecule has 0 radical (unpaired) electrons. The molecule has 2 amide bonds. The molecule has 1 aromatic heterocycles. The summed E-state index contributed by atoms with van der Waals surface area (Å²) in [4.78, 5) is 31.2. The number of thioether (sulfide) groups is 1. The van der Waals surface area contributed by atoms with Crippen molar-refractivity contribution in [3.8, 4) is 0 Å². The standard InChI is InChI=1S/C15H17F3N4O3S/c1-3-8-11(12(23)25-4-2)9(21-13(24)20-8)7-26-14-19-6-5-10(22-14)15(16,17)18/h5-6,8H,3-4,7H2,1-2H3,(H2,20,21,24). The fraction of sp³-hybridized carbons (Fsp3) is 0.467. The van der Waals surface area contributed by atoms with Crippen LogP contribution in [-0.4, -0.2) is 40.4 Å². The van der Waals surface area contributed by atoms with Gasteiger partial charge >= 0.3 is 18.2 Å². The maximum Gasteiger partial charge on any atom is 0.433 e. The Kier molecular flexibility index (Phi) is 6.46. The second kappa shape index (κ2) is 8.39. The van der Waals surface area contributed by atoms with E-state index in [1.165, 1.54) is 0 Å². The first-order valence-electron chi connectivity index (χ1n) is 7.77. The molecule has 1 aromatic rings. The first kappa shape index (κ1) is 20.0. The number of hydrogen-bond donors (Lipinski definition) is 2. The van der Waals surface area contributed by atoms with Gasteiger partial charge in [-0.05, 0) is 19.4 Å². The molecular weight excluding hydrogens is 373 g/mol. The van der Waals surface area contributed by atoms with Crippen molar-refractivity contribution in [2.24, 2.45) is 0 Å². The normalized spacial score (nSPS) is 17.6. The molecule has 0 aliphatic carbocycles. The van der Waals surface area contributed by atoms with Crippen molar-refractivity contribution < 1.29 is 27.5 Å². The summed E-state index contributed by atoms with van der Waals surface area (Å²) < 4.78 is 43.2. The van der Waals surface area contributed by atoms with Gasteiger partial charge in [0, 0.05) is 17.6 Å². The Bertz CT molecular complexity index is 724. The highest BCUT2D eigenvalue weighted by Gasteiger charge is 2.34. The van der Waals surface area contributed by atoms with Crippen LogP contribution in [0.5, 0.6) is 0 Å². The predicted molar refractivity (Wildman–Crippen MR) is 87.2 cm³/mol. The molecule has 0 bridgehead atoms. The van der Waals surface area contributed by atoms with Crippen molar-refractivity contribution in [3.63, 3.8) is 0 Å². The fourth-order valence-electron chi connectivity index (χ4n) is 2.28. The second-order valence-electron chi connectivity index (χ2n) is 5.18. The summed E-state index contributed by atoms with van der Waals surface area (Å²) in [5.41, 5.74) is -0.547. The molecule has 2 heterocycles. The average molecular weight is 390 g/mol. The number of nitrogens with zero attached hydrogens (tertiary/aromatic N) is 2. The van der Waals surface area contributed by atoms with E-state index in [0.29, 0.717) is 6.42 Å². The molecule has 0 saturated heterocycles. The van der Waals surface area contributed by atoms with Crippen LogP contribution in [0.15, 0.2) is 28.7 Å². The van der Waals surface area contributed by atoms with Crippen molar-refractivity contribution in [3.05, 3.63) is 29.2 Å². The summed E-state index contributed by atoms with van der Waals surface area (Å²) in [6, 6.07) is -0.265. The molecule has 26 heavy (non-hydrogen) atoms. The lowest BCUT2D eigenvalue weighted by molar-refractivity contribution is -0.141. The number of hydrogen-bond acceptors (Lipinski definition) is 6. The lowest BCUT2D eigenvalue weighted by atomic mass is 10.0. The minimum atomic E-state index is -4.58. The first-order chi connectivity index (χ1) is 12.3. The number of halogens is 3. The number of carbonyl (C=O) groups excluding carboxylic acids is 2. The Hall–Kier alpha value is -2.30. The van der Waals surface area contributed by atoms with Gasteiger partial charge in [0.15, 0.2) is 5.16 Å². The second-order valence-corrected chi connectivity index (χ2v) is 6.13. The topological polar surface area (TPSA) is 93.2 Å². The summed E-state index contributed by atoms with van der Waals surface area (Å²) in [6.45, 7) is 3.60. The lowest BCUT2D eigenvalue weighted by Gasteiger charge is -2.28. The summed E-state index contributed by atoms with van der Waals surface area (Å²) in [5.74, 6) is -0.577. The predicted octanol–water partition coefficient (Wildman–Crippen LogP) is 2.50. The van der Waals surface area contributed by atoms with Gasteiger partial charge in [0.25, 0.3) is 0 Å². The zero-order valence-electron chi connectivity index (χ0n) is 14.0. The smallest absolute Gasteiger partial charge is 0.433 e. The van der Waals surface area contributed by atoms with Gasteiger partial charge in [-0.25, -0.2) is 19.6 Å². The van der Waals surface area contributed by atoms with Gasteiger partial charge in [-0.2, -0.15) is 13.2 Å². The molecule has 7 nitrogen and oxygen atoms in total. The van der Waals surface area contributed by atoms with Gasteiger partial charge in [-0.3, -0.25) is 0 Å². The summed E-state index contributed by atoms with van der Waals surface area (Å²) in [7, 11) is 0. The Balaban J connectivity index is 2.26. The van der Waals surface area contributed by atoms with Crippen LogP contribution in [-0.2, 0) is 15.7 Å². The Morgan fingerprint density at radius 2 is 2.12 bits per heavy atom. The summed E-state index contributed by atoms with van der Waals surface area (Å²) in [5, 5.41) is 5.02. The van der Waals surface area contributed by atoms with Gasteiger partial charge in [-0.15, -0.1) is 0 Å². The molecule has 2 N–H and O–H groups in total. The molecule has 1 aliphatic rings. The Labute approximate surface area is 151 Å². The molecule has 11 heteroatoms. The quantitative estimate of drug-likeness (QED) is 0.440. The van der Waals surface area contributed by atoms with Crippen molar-refractivity contribution in [2.75, 3.05) is 12.4 Å². The molecule has 0 aromatic carbocycles. The molecule has 0 spiro atoms. The molecule has 0 saturated carbocycles. The van der Waals surface area contributed by atoms with E-state index < -0.39 is 29.9 Å². The lowest BCUT2D eigenvalue weighted by Crippen LogP contribution is -2.50. The Morgan fingerprint density at radius 1 is 1.38 bits per heavy atom. The summed E-state index contributed by atoms with van der Waals surface area (Å²) in [6.07, 6.45) is -3.12. The van der Waals surface area contributed by atoms with Gasteiger partial charge in [0.05, 0.1) is 18.2 Å². The van der Waals surface area contributed by atoms with Crippen LogP contribution in [0, 0.1) is 0 Å². The van der Waals surface area contributed by atoms with Crippen LogP contribution in [0.3, 0.4) is 0 Å². The third-order valence-electron chi connectivity index (χ3n) is 3.42. The third kappa shape index (κ3) is 4.87. The monoisotopic (exact) mass is 390 g/mol. The summed E-state index contributed by atoms with van der Waals surface area (Å²) >= 11 is 0.881. The molecule has 1 unspecified atom stereocenters. The molecule has 1 aliphatic heterocycles. The van der Waals surface area contributed by atoms with E-state index in [-0.39, 0.29) is 28.8 Å². The maximum absolute atomic E-state index is 12.7. The number of amides is 2. The van der Waals surface area contributed by atoms with Gasteiger partial charge in [-0.1, -0.05) is 18.7 Å². The van der Waals surface area contributed by atoms with E-state index in [9.17, 15) is 22.8 Å².